The van der Waals surface area contributed by atoms with Gasteiger partial charge in [0, 0.05) is 17.8 Å². The zero-order valence-electron chi connectivity index (χ0n) is 13.4. The van der Waals surface area contributed by atoms with Crippen molar-refractivity contribution in [2.24, 2.45) is 0 Å². The number of ether oxygens (including phenoxy) is 2. The van der Waals surface area contributed by atoms with Gasteiger partial charge in [-0.05, 0) is 42.8 Å². The van der Waals surface area contributed by atoms with Gasteiger partial charge in [-0.1, -0.05) is 29.8 Å². The summed E-state index contributed by atoms with van der Waals surface area (Å²) in [6, 6.07) is 13.6. The van der Waals surface area contributed by atoms with Crippen molar-refractivity contribution in [1.29, 1.82) is 0 Å². The zero-order chi connectivity index (χ0) is 17.5. The summed E-state index contributed by atoms with van der Waals surface area (Å²) in [6.07, 6.45) is -0.942. The third kappa shape index (κ3) is 5.08. The fourth-order valence-electron chi connectivity index (χ4n) is 2.05. The van der Waals surface area contributed by atoms with Crippen molar-refractivity contribution in [1.82, 2.24) is 0 Å². The molecule has 0 aromatic heterocycles. The lowest BCUT2D eigenvalue weighted by Crippen LogP contribution is -2.30. The first-order valence-corrected chi connectivity index (χ1v) is 7.72. The Bertz CT molecular complexity index is 732. The van der Waals surface area contributed by atoms with Gasteiger partial charge in [0.15, 0.2) is 6.10 Å². The number of hydrogen-bond acceptors (Lipinski definition) is 4. The van der Waals surface area contributed by atoms with Gasteiger partial charge in [0.25, 0.3) is 5.91 Å². The van der Waals surface area contributed by atoms with Crippen LogP contribution in [0, 0.1) is 0 Å². The Hall–Kier alpha value is -2.37. The van der Waals surface area contributed by atoms with Crippen LogP contribution in [0.3, 0.4) is 0 Å². The molecule has 0 unspecified atom stereocenters. The predicted octanol–water partition coefficient (Wildman–Crippen LogP) is 3.67. The molecule has 5 nitrogen and oxygen atoms in total. The van der Waals surface area contributed by atoms with Crippen molar-refractivity contribution >= 4 is 29.2 Å². The Morgan fingerprint density at radius 2 is 1.92 bits per heavy atom. The summed E-state index contributed by atoms with van der Waals surface area (Å²) in [4.78, 5) is 24.3. The van der Waals surface area contributed by atoms with E-state index in [-0.39, 0.29) is 0 Å². The number of amides is 1. The van der Waals surface area contributed by atoms with E-state index in [1.165, 1.54) is 6.92 Å². The predicted molar refractivity (Wildman–Crippen MR) is 92.1 cm³/mol. The van der Waals surface area contributed by atoms with E-state index in [1.807, 2.05) is 6.07 Å². The number of nitrogens with one attached hydrogen (secondary N) is 1. The first-order valence-electron chi connectivity index (χ1n) is 7.35. The molecule has 0 aliphatic rings. The summed E-state index contributed by atoms with van der Waals surface area (Å²) >= 11 is 5.87. The van der Waals surface area contributed by atoms with Crippen LogP contribution in [0.15, 0.2) is 48.5 Å². The second-order valence-corrected chi connectivity index (χ2v) is 5.62. The summed E-state index contributed by atoms with van der Waals surface area (Å²) in [5.41, 5.74) is 1.76. The molecule has 0 bridgehead atoms. The van der Waals surface area contributed by atoms with Gasteiger partial charge < -0.3 is 14.8 Å². The number of rotatable bonds is 6. The van der Waals surface area contributed by atoms with Crippen LogP contribution >= 0.6 is 11.6 Å². The van der Waals surface area contributed by atoms with Gasteiger partial charge in [-0.3, -0.25) is 4.79 Å². The number of benzene rings is 2. The molecule has 0 aliphatic carbocycles. The molecule has 2 aromatic rings. The van der Waals surface area contributed by atoms with Crippen LogP contribution in [0.5, 0.6) is 0 Å². The van der Waals surface area contributed by atoms with Crippen LogP contribution in [-0.2, 0) is 20.9 Å². The molecule has 0 saturated heterocycles. The molecule has 24 heavy (non-hydrogen) atoms. The molecular formula is C18H18ClNO4. The van der Waals surface area contributed by atoms with Gasteiger partial charge in [-0.15, -0.1) is 0 Å². The van der Waals surface area contributed by atoms with Gasteiger partial charge in [-0.2, -0.15) is 0 Å². The Balaban J connectivity index is 1.97. The highest BCUT2D eigenvalue weighted by molar-refractivity contribution is 6.30. The van der Waals surface area contributed by atoms with Crippen LogP contribution in [0.1, 0.15) is 22.8 Å². The van der Waals surface area contributed by atoms with E-state index in [0.717, 1.165) is 5.56 Å². The van der Waals surface area contributed by atoms with Crippen LogP contribution in [0.2, 0.25) is 5.02 Å². The van der Waals surface area contributed by atoms with Crippen molar-refractivity contribution in [3.05, 3.63) is 64.7 Å². The summed E-state index contributed by atoms with van der Waals surface area (Å²) in [6.45, 7) is 1.91. The lowest BCUT2D eigenvalue weighted by atomic mass is 10.1. The van der Waals surface area contributed by atoms with E-state index in [2.05, 4.69) is 5.32 Å². The monoisotopic (exact) mass is 347 g/mol. The SMILES string of the molecule is COCc1cccc(C(=O)O[C@H](C)C(=O)Nc2cccc(Cl)c2)c1. The minimum Gasteiger partial charge on any atom is -0.449 e. The quantitative estimate of drug-likeness (QED) is 0.810. The number of halogens is 1. The van der Waals surface area contributed by atoms with Crippen molar-refractivity contribution < 1.29 is 19.1 Å². The molecule has 0 aliphatic heterocycles. The van der Waals surface area contributed by atoms with Gasteiger partial charge in [0.1, 0.15) is 0 Å². The second kappa shape index (κ2) is 8.47. The van der Waals surface area contributed by atoms with Crippen LogP contribution in [0.25, 0.3) is 0 Å². The Labute approximate surface area is 145 Å². The van der Waals surface area contributed by atoms with Crippen LogP contribution in [-0.4, -0.2) is 25.1 Å². The molecule has 2 aromatic carbocycles. The summed E-state index contributed by atoms with van der Waals surface area (Å²) in [5, 5.41) is 3.16. The average molecular weight is 348 g/mol. The molecule has 126 valence electrons. The normalized spacial score (nSPS) is 11.6. The van der Waals surface area contributed by atoms with Gasteiger partial charge in [0.05, 0.1) is 12.2 Å². The molecule has 0 spiro atoms. The minimum absolute atomic E-state index is 0.368. The fourth-order valence-corrected chi connectivity index (χ4v) is 2.24. The third-order valence-electron chi connectivity index (χ3n) is 3.22. The molecule has 0 fully saturated rings. The van der Waals surface area contributed by atoms with Crippen molar-refractivity contribution in [3.63, 3.8) is 0 Å². The first kappa shape index (κ1) is 18.0. The van der Waals surface area contributed by atoms with E-state index in [9.17, 15) is 9.59 Å². The Morgan fingerprint density at radius 1 is 1.17 bits per heavy atom. The number of anilines is 1. The summed E-state index contributed by atoms with van der Waals surface area (Å²) in [5.74, 6) is -1.000. The maximum absolute atomic E-state index is 12.2. The smallest absolute Gasteiger partial charge is 0.338 e. The van der Waals surface area contributed by atoms with E-state index < -0.39 is 18.0 Å². The molecule has 1 amide bonds. The maximum Gasteiger partial charge on any atom is 0.338 e. The Kier molecular flexibility index (Phi) is 6.35. The maximum atomic E-state index is 12.2. The van der Waals surface area contributed by atoms with Crippen molar-refractivity contribution in [3.8, 4) is 0 Å². The number of esters is 1. The highest BCUT2D eigenvalue weighted by Gasteiger charge is 2.19. The van der Waals surface area contributed by atoms with Gasteiger partial charge in [0.2, 0.25) is 0 Å². The van der Waals surface area contributed by atoms with Crippen LogP contribution < -0.4 is 5.32 Å². The lowest BCUT2D eigenvalue weighted by Gasteiger charge is -2.14. The molecular weight excluding hydrogens is 330 g/mol. The molecule has 0 radical (unpaired) electrons. The molecule has 0 saturated carbocycles. The summed E-state index contributed by atoms with van der Waals surface area (Å²) < 4.78 is 10.2. The number of methoxy groups -OCH3 is 1. The van der Waals surface area contributed by atoms with Crippen LogP contribution in [0.4, 0.5) is 5.69 Å². The third-order valence-corrected chi connectivity index (χ3v) is 3.45. The van der Waals surface area contributed by atoms with Crippen molar-refractivity contribution in [2.75, 3.05) is 12.4 Å². The van der Waals surface area contributed by atoms with Gasteiger partial charge >= 0.3 is 5.97 Å². The van der Waals surface area contributed by atoms with Crippen molar-refractivity contribution in [2.45, 2.75) is 19.6 Å². The molecule has 6 heteroatoms. The zero-order valence-corrected chi connectivity index (χ0v) is 14.2. The topological polar surface area (TPSA) is 64.6 Å². The standard InChI is InChI=1S/C18H18ClNO4/c1-12(17(21)20-16-8-4-7-15(19)10-16)24-18(22)14-6-3-5-13(9-14)11-23-2/h3-10,12H,11H2,1-2H3,(H,20,21)/t12-/m1/s1. The molecule has 1 N–H and O–H groups in total. The molecule has 1 atom stereocenters. The average Bonchev–Trinajstić information content (AvgIpc) is 2.55. The number of carbonyl (C=O) groups is 2. The summed E-state index contributed by atoms with van der Waals surface area (Å²) in [7, 11) is 1.58. The molecule has 0 heterocycles. The van der Waals surface area contributed by atoms with E-state index in [1.54, 1.807) is 49.6 Å². The Morgan fingerprint density at radius 3 is 2.62 bits per heavy atom. The molecule has 2 rings (SSSR count). The first-order chi connectivity index (χ1) is 11.5. The number of carbonyl (C=O) groups excluding carboxylic acids is 2. The lowest BCUT2D eigenvalue weighted by molar-refractivity contribution is -0.123. The largest absolute Gasteiger partial charge is 0.449 e. The van der Waals surface area contributed by atoms with Gasteiger partial charge in [-0.25, -0.2) is 4.79 Å². The highest BCUT2D eigenvalue weighted by Crippen LogP contribution is 2.16. The number of hydrogen-bond donors (Lipinski definition) is 1. The fraction of sp³-hybridized carbons (Fsp3) is 0.222. The van der Waals surface area contributed by atoms with E-state index in [4.69, 9.17) is 21.1 Å². The van der Waals surface area contributed by atoms with E-state index >= 15 is 0 Å². The highest BCUT2D eigenvalue weighted by atomic mass is 35.5. The minimum atomic E-state index is -0.942. The van der Waals surface area contributed by atoms with E-state index in [0.29, 0.717) is 22.9 Å². The second-order valence-electron chi connectivity index (χ2n) is 5.18.